The maximum atomic E-state index is 11.8. The first-order valence-electron chi connectivity index (χ1n) is 6.44. The first kappa shape index (κ1) is 15.3. The van der Waals surface area contributed by atoms with Gasteiger partial charge in [0, 0.05) is 6.61 Å². The van der Waals surface area contributed by atoms with E-state index in [0.717, 1.165) is 0 Å². The zero-order chi connectivity index (χ0) is 14.1. The van der Waals surface area contributed by atoms with E-state index in [4.69, 9.17) is 19.9 Å². The van der Waals surface area contributed by atoms with Crippen molar-refractivity contribution < 1.29 is 19.0 Å². The summed E-state index contributed by atoms with van der Waals surface area (Å²) in [5.41, 5.74) is 6.27. The highest BCUT2D eigenvalue weighted by molar-refractivity contribution is 5.75. The normalized spacial score (nSPS) is 11.9. The molecule has 106 valence electrons. The molecule has 0 saturated carbocycles. The molecule has 1 rings (SSSR count). The number of carbonyl (C=O) groups is 1. The first-order valence-corrected chi connectivity index (χ1v) is 6.44. The monoisotopic (exact) mass is 267 g/mol. The second-order valence-corrected chi connectivity index (χ2v) is 3.92. The van der Waals surface area contributed by atoms with E-state index in [1.165, 1.54) is 0 Å². The second-order valence-electron chi connectivity index (χ2n) is 3.92. The van der Waals surface area contributed by atoms with Crippen molar-refractivity contribution in [2.45, 2.75) is 26.4 Å². The molecule has 0 aromatic heterocycles. The molecule has 1 aromatic rings. The number of nitrogen functional groups attached to an aromatic ring is 1. The number of rotatable bonds is 8. The fraction of sp³-hybridized carbons (Fsp3) is 0.500. The van der Waals surface area contributed by atoms with E-state index < -0.39 is 12.1 Å². The van der Waals surface area contributed by atoms with Gasteiger partial charge in [0.05, 0.1) is 12.3 Å². The van der Waals surface area contributed by atoms with Crippen molar-refractivity contribution in [1.82, 2.24) is 0 Å². The fourth-order valence-electron chi connectivity index (χ4n) is 1.48. The number of para-hydroxylation sites is 2. The van der Waals surface area contributed by atoms with Crippen LogP contribution in [0.1, 0.15) is 20.3 Å². The molecule has 1 unspecified atom stereocenters. The molecule has 5 heteroatoms. The zero-order valence-electron chi connectivity index (χ0n) is 11.4. The molecule has 0 aliphatic heterocycles. The van der Waals surface area contributed by atoms with Crippen LogP contribution >= 0.6 is 0 Å². The Morgan fingerprint density at radius 2 is 2.00 bits per heavy atom. The van der Waals surface area contributed by atoms with Gasteiger partial charge in [-0.1, -0.05) is 19.1 Å². The van der Waals surface area contributed by atoms with E-state index in [-0.39, 0.29) is 6.61 Å². The summed E-state index contributed by atoms with van der Waals surface area (Å²) in [4.78, 5) is 11.8. The van der Waals surface area contributed by atoms with Gasteiger partial charge >= 0.3 is 5.97 Å². The minimum Gasteiger partial charge on any atom is -0.477 e. The van der Waals surface area contributed by atoms with Crippen molar-refractivity contribution in [2.24, 2.45) is 0 Å². The summed E-state index contributed by atoms with van der Waals surface area (Å²) >= 11 is 0. The molecule has 2 N–H and O–H groups in total. The van der Waals surface area contributed by atoms with Crippen LogP contribution < -0.4 is 10.5 Å². The SMILES string of the molecule is CCOCCOC(=O)C(CC)Oc1ccccc1N. The zero-order valence-corrected chi connectivity index (χ0v) is 11.4. The van der Waals surface area contributed by atoms with Gasteiger partial charge < -0.3 is 19.9 Å². The van der Waals surface area contributed by atoms with E-state index in [2.05, 4.69) is 0 Å². The van der Waals surface area contributed by atoms with E-state index >= 15 is 0 Å². The predicted molar refractivity (Wildman–Crippen MR) is 73.0 cm³/mol. The number of hydrogen-bond donors (Lipinski definition) is 1. The summed E-state index contributed by atoms with van der Waals surface area (Å²) in [5, 5.41) is 0. The number of hydrogen-bond acceptors (Lipinski definition) is 5. The Labute approximate surface area is 113 Å². The molecular weight excluding hydrogens is 246 g/mol. The van der Waals surface area contributed by atoms with Crippen LogP contribution in [0.5, 0.6) is 5.75 Å². The number of carbonyl (C=O) groups excluding carboxylic acids is 1. The summed E-state index contributed by atoms with van der Waals surface area (Å²) < 4.78 is 15.7. The van der Waals surface area contributed by atoms with Crippen LogP contribution in [0.25, 0.3) is 0 Å². The van der Waals surface area contributed by atoms with Crippen LogP contribution in [0.2, 0.25) is 0 Å². The molecule has 1 atom stereocenters. The predicted octanol–water partition coefficient (Wildman–Crippen LogP) is 2.01. The van der Waals surface area contributed by atoms with Gasteiger partial charge in [-0.15, -0.1) is 0 Å². The third-order valence-corrected chi connectivity index (χ3v) is 2.50. The van der Waals surface area contributed by atoms with Gasteiger partial charge in [-0.3, -0.25) is 0 Å². The van der Waals surface area contributed by atoms with Gasteiger partial charge in [0.25, 0.3) is 0 Å². The molecule has 0 radical (unpaired) electrons. The van der Waals surface area contributed by atoms with Crippen LogP contribution in [-0.4, -0.2) is 31.9 Å². The highest BCUT2D eigenvalue weighted by atomic mass is 16.6. The molecule has 0 aliphatic rings. The molecule has 5 nitrogen and oxygen atoms in total. The van der Waals surface area contributed by atoms with Crippen molar-refractivity contribution in [2.75, 3.05) is 25.6 Å². The molecule has 0 saturated heterocycles. The minimum absolute atomic E-state index is 0.233. The first-order chi connectivity index (χ1) is 9.19. The molecular formula is C14H21NO4. The van der Waals surface area contributed by atoms with E-state index in [1.54, 1.807) is 18.2 Å². The second kappa shape index (κ2) is 8.37. The number of nitrogens with two attached hydrogens (primary N) is 1. The van der Waals surface area contributed by atoms with Gasteiger partial charge in [-0.2, -0.15) is 0 Å². The van der Waals surface area contributed by atoms with Crippen molar-refractivity contribution in [3.8, 4) is 5.75 Å². The van der Waals surface area contributed by atoms with E-state index in [1.807, 2.05) is 19.9 Å². The molecule has 0 heterocycles. The number of anilines is 1. The lowest BCUT2D eigenvalue weighted by atomic mass is 10.2. The summed E-state index contributed by atoms with van der Waals surface area (Å²) in [6.45, 7) is 4.97. The van der Waals surface area contributed by atoms with Crippen LogP contribution in [0.4, 0.5) is 5.69 Å². The number of benzene rings is 1. The molecule has 19 heavy (non-hydrogen) atoms. The minimum atomic E-state index is -0.647. The summed E-state index contributed by atoms with van der Waals surface area (Å²) in [7, 11) is 0. The van der Waals surface area contributed by atoms with E-state index in [9.17, 15) is 4.79 Å². The molecule has 0 fully saturated rings. The summed E-state index contributed by atoms with van der Waals surface area (Å²) in [5.74, 6) is 0.0987. The smallest absolute Gasteiger partial charge is 0.347 e. The fourth-order valence-corrected chi connectivity index (χ4v) is 1.48. The Morgan fingerprint density at radius 3 is 2.63 bits per heavy atom. The molecule has 0 amide bonds. The van der Waals surface area contributed by atoms with Gasteiger partial charge in [-0.25, -0.2) is 4.79 Å². The van der Waals surface area contributed by atoms with Crippen LogP contribution in [0.15, 0.2) is 24.3 Å². The van der Waals surface area contributed by atoms with Crippen molar-refractivity contribution in [3.05, 3.63) is 24.3 Å². The molecule has 0 spiro atoms. The van der Waals surface area contributed by atoms with Gasteiger partial charge in [0.1, 0.15) is 12.4 Å². The van der Waals surface area contributed by atoms with Crippen molar-refractivity contribution in [1.29, 1.82) is 0 Å². The highest BCUT2D eigenvalue weighted by Gasteiger charge is 2.20. The van der Waals surface area contributed by atoms with Crippen LogP contribution in [-0.2, 0) is 14.3 Å². The van der Waals surface area contributed by atoms with Crippen LogP contribution in [0.3, 0.4) is 0 Å². The van der Waals surface area contributed by atoms with Gasteiger partial charge in [0.15, 0.2) is 6.10 Å². The Bertz CT molecular complexity index is 395. The largest absolute Gasteiger partial charge is 0.477 e. The van der Waals surface area contributed by atoms with Gasteiger partial charge in [0.2, 0.25) is 0 Å². The maximum Gasteiger partial charge on any atom is 0.347 e. The topological polar surface area (TPSA) is 70.8 Å². The lowest BCUT2D eigenvalue weighted by Crippen LogP contribution is -2.30. The van der Waals surface area contributed by atoms with Crippen molar-refractivity contribution in [3.63, 3.8) is 0 Å². The Hall–Kier alpha value is -1.75. The standard InChI is InChI=1S/C14H21NO4/c1-3-12(14(16)18-10-9-17-4-2)19-13-8-6-5-7-11(13)15/h5-8,12H,3-4,9-10,15H2,1-2H3. The average molecular weight is 267 g/mol. The number of ether oxygens (including phenoxy) is 3. The molecule has 0 bridgehead atoms. The molecule has 0 aliphatic carbocycles. The Morgan fingerprint density at radius 1 is 1.26 bits per heavy atom. The summed E-state index contributed by atoms with van der Waals surface area (Å²) in [6, 6.07) is 7.07. The van der Waals surface area contributed by atoms with Crippen molar-refractivity contribution >= 4 is 11.7 Å². The Balaban J connectivity index is 2.48. The quantitative estimate of drug-likeness (QED) is 0.443. The third-order valence-electron chi connectivity index (χ3n) is 2.50. The Kier molecular flexibility index (Phi) is 6.74. The van der Waals surface area contributed by atoms with E-state index in [0.29, 0.717) is 31.1 Å². The average Bonchev–Trinajstić information content (AvgIpc) is 2.42. The van der Waals surface area contributed by atoms with Gasteiger partial charge in [-0.05, 0) is 25.5 Å². The lowest BCUT2D eigenvalue weighted by Gasteiger charge is -2.17. The maximum absolute atomic E-state index is 11.8. The number of esters is 1. The lowest BCUT2D eigenvalue weighted by molar-refractivity contribution is -0.153. The summed E-state index contributed by atoms with van der Waals surface area (Å²) in [6.07, 6.45) is -0.131. The highest BCUT2D eigenvalue weighted by Crippen LogP contribution is 2.22. The third kappa shape index (κ3) is 5.18. The molecule has 1 aromatic carbocycles. The van der Waals surface area contributed by atoms with Crippen LogP contribution in [0, 0.1) is 0 Å².